The molecule has 72 valence electrons. The Balaban J connectivity index is 2.90. The lowest BCUT2D eigenvalue weighted by atomic mass is 10.2. The second-order valence-electron chi connectivity index (χ2n) is 3.48. The highest BCUT2D eigenvalue weighted by atomic mass is 14.9. The van der Waals surface area contributed by atoms with Gasteiger partial charge in [-0.25, -0.2) is 0 Å². The number of rotatable bonds is 2. The number of nitrogens with one attached hydrogen (secondary N) is 1. The Morgan fingerprint density at radius 3 is 2.57 bits per heavy atom. The molecule has 1 N–H and O–H groups in total. The fourth-order valence-electron chi connectivity index (χ4n) is 1.13. The van der Waals surface area contributed by atoms with Gasteiger partial charge in [-0.3, -0.25) is 0 Å². The number of benzene rings is 1. The number of aryl methyl sites for hydroxylation is 1. The number of nitrogens with zero attached hydrogens (tertiary/aromatic N) is 1. The van der Waals surface area contributed by atoms with Gasteiger partial charge in [-0.2, -0.15) is 5.26 Å². The van der Waals surface area contributed by atoms with E-state index in [0.29, 0.717) is 5.70 Å². The normalized spacial score (nSPS) is 9.00. The van der Waals surface area contributed by atoms with Crippen LogP contribution in [0.1, 0.15) is 19.4 Å². The highest BCUT2D eigenvalue weighted by Crippen LogP contribution is 2.13. The van der Waals surface area contributed by atoms with E-state index in [0.717, 1.165) is 11.3 Å². The summed E-state index contributed by atoms with van der Waals surface area (Å²) >= 11 is 0. The van der Waals surface area contributed by atoms with Gasteiger partial charge in [-0.05, 0) is 44.0 Å². The summed E-state index contributed by atoms with van der Waals surface area (Å²) in [7, 11) is 0. The van der Waals surface area contributed by atoms with Crippen LogP contribution in [-0.2, 0) is 0 Å². The molecule has 1 aromatic rings. The van der Waals surface area contributed by atoms with E-state index in [1.807, 2.05) is 45.0 Å². The van der Waals surface area contributed by atoms with Gasteiger partial charge in [0.15, 0.2) is 0 Å². The van der Waals surface area contributed by atoms with E-state index < -0.39 is 0 Å². The standard InChI is InChI=1S/C12H14N2/c1-9(2)12(8-13)14-11-6-4-5-10(3)7-11/h4-7,14H,1-3H3. The summed E-state index contributed by atoms with van der Waals surface area (Å²) in [6, 6.07) is 10.1. The lowest BCUT2D eigenvalue weighted by molar-refractivity contribution is 1.28. The van der Waals surface area contributed by atoms with Crippen LogP contribution in [0.25, 0.3) is 0 Å². The first-order valence-corrected chi connectivity index (χ1v) is 4.54. The molecule has 1 aromatic carbocycles. The van der Waals surface area contributed by atoms with Gasteiger partial charge in [0.2, 0.25) is 0 Å². The van der Waals surface area contributed by atoms with Gasteiger partial charge in [0.25, 0.3) is 0 Å². The summed E-state index contributed by atoms with van der Waals surface area (Å²) in [6.45, 7) is 5.86. The molecule has 0 aromatic heterocycles. The van der Waals surface area contributed by atoms with Crippen LogP contribution in [0.3, 0.4) is 0 Å². The first-order chi connectivity index (χ1) is 6.63. The van der Waals surface area contributed by atoms with Crippen LogP contribution in [0, 0.1) is 18.3 Å². The molecule has 0 aliphatic rings. The van der Waals surface area contributed by atoms with Crippen molar-refractivity contribution in [2.45, 2.75) is 20.8 Å². The van der Waals surface area contributed by atoms with Gasteiger partial charge in [0.1, 0.15) is 11.8 Å². The van der Waals surface area contributed by atoms with Crippen molar-refractivity contribution < 1.29 is 0 Å². The molecule has 0 bridgehead atoms. The first-order valence-electron chi connectivity index (χ1n) is 4.54. The molecular weight excluding hydrogens is 172 g/mol. The fraction of sp³-hybridized carbons (Fsp3) is 0.250. The first kappa shape index (κ1) is 10.3. The van der Waals surface area contributed by atoms with E-state index in [1.165, 1.54) is 5.56 Å². The van der Waals surface area contributed by atoms with Crippen molar-refractivity contribution in [2.24, 2.45) is 0 Å². The Labute approximate surface area is 84.9 Å². The maximum absolute atomic E-state index is 8.86. The number of anilines is 1. The van der Waals surface area contributed by atoms with Crippen molar-refractivity contribution in [3.63, 3.8) is 0 Å². The van der Waals surface area contributed by atoms with Crippen molar-refractivity contribution in [1.29, 1.82) is 5.26 Å². The van der Waals surface area contributed by atoms with Crippen LogP contribution in [-0.4, -0.2) is 0 Å². The zero-order valence-corrected chi connectivity index (χ0v) is 8.76. The predicted molar refractivity (Wildman–Crippen MR) is 58.8 cm³/mol. The molecule has 0 saturated carbocycles. The second-order valence-corrected chi connectivity index (χ2v) is 3.48. The van der Waals surface area contributed by atoms with Crippen LogP contribution in [0.4, 0.5) is 5.69 Å². The summed E-state index contributed by atoms with van der Waals surface area (Å²) in [5, 5.41) is 11.9. The highest BCUT2D eigenvalue weighted by Gasteiger charge is 1.98. The predicted octanol–water partition coefficient (Wildman–Crippen LogP) is 3.22. The Kier molecular flexibility index (Phi) is 3.30. The molecular formula is C12H14N2. The van der Waals surface area contributed by atoms with Gasteiger partial charge in [0, 0.05) is 5.69 Å². The summed E-state index contributed by atoms with van der Waals surface area (Å²) < 4.78 is 0. The largest absolute Gasteiger partial charge is 0.347 e. The minimum absolute atomic E-state index is 0.621. The van der Waals surface area contributed by atoms with Gasteiger partial charge in [-0.15, -0.1) is 0 Å². The van der Waals surface area contributed by atoms with Gasteiger partial charge < -0.3 is 5.32 Å². The molecule has 0 unspecified atom stereocenters. The summed E-state index contributed by atoms with van der Waals surface area (Å²) in [5.41, 5.74) is 3.76. The van der Waals surface area contributed by atoms with Crippen molar-refractivity contribution in [2.75, 3.05) is 5.32 Å². The molecule has 2 nitrogen and oxygen atoms in total. The van der Waals surface area contributed by atoms with E-state index >= 15 is 0 Å². The Bertz CT molecular complexity index is 393. The molecule has 0 amide bonds. The van der Waals surface area contributed by atoms with Gasteiger partial charge in [0.05, 0.1) is 0 Å². The minimum Gasteiger partial charge on any atom is -0.347 e. The smallest absolute Gasteiger partial charge is 0.117 e. The molecule has 0 atom stereocenters. The topological polar surface area (TPSA) is 35.8 Å². The van der Waals surface area contributed by atoms with Gasteiger partial charge >= 0.3 is 0 Å². The lowest BCUT2D eigenvalue weighted by Gasteiger charge is -2.06. The SMILES string of the molecule is CC(C)=C(C#N)Nc1cccc(C)c1. The van der Waals surface area contributed by atoms with Crippen molar-refractivity contribution >= 4 is 5.69 Å². The third kappa shape index (κ3) is 2.63. The van der Waals surface area contributed by atoms with Crippen molar-refractivity contribution in [1.82, 2.24) is 0 Å². The molecule has 0 fully saturated rings. The van der Waals surface area contributed by atoms with E-state index in [1.54, 1.807) is 0 Å². The van der Waals surface area contributed by atoms with Crippen LogP contribution in [0.15, 0.2) is 35.5 Å². The highest BCUT2D eigenvalue weighted by molar-refractivity contribution is 5.53. The third-order valence-electron chi connectivity index (χ3n) is 1.90. The summed E-state index contributed by atoms with van der Waals surface area (Å²) in [6.07, 6.45) is 0. The van der Waals surface area contributed by atoms with Crippen LogP contribution in [0.5, 0.6) is 0 Å². The maximum atomic E-state index is 8.86. The Morgan fingerprint density at radius 2 is 2.07 bits per heavy atom. The van der Waals surface area contributed by atoms with Crippen LogP contribution >= 0.6 is 0 Å². The molecule has 1 rings (SSSR count). The number of allylic oxidation sites excluding steroid dienone is 2. The van der Waals surface area contributed by atoms with Crippen molar-refractivity contribution in [3.05, 3.63) is 41.1 Å². The molecule has 0 aliphatic carbocycles. The fourth-order valence-corrected chi connectivity index (χ4v) is 1.13. The second kappa shape index (κ2) is 4.48. The number of hydrogen-bond acceptors (Lipinski definition) is 2. The average Bonchev–Trinajstić information content (AvgIpc) is 2.14. The molecule has 0 saturated heterocycles. The summed E-state index contributed by atoms with van der Waals surface area (Å²) in [4.78, 5) is 0. The van der Waals surface area contributed by atoms with Gasteiger partial charge in [-0.1, -0.05) is 12.1 Å². The lowest BCUT2D eigenvalue weighted by Crippen LogP contribution is -1.99. The number of nitriles is 1. The van der Waals surface area contributed by atoms with E-state index in [-0.39, 0.29) is 0 Å². The van der Waals surface area contributed by atoms with Crippen LogP contribution in [0.2, 0.25) is 0 Å². The number of hydrogen-bond donors (Lipinski definition) is 1. The summed E-state index contributed by atoms with van der Waals surface area (Å²) in [5.74, 6) is 0. The van der Waals surface area contributed by atoms with E-state index in [2.05, 4.69) is 11.4 Å². The van der Waals surface area contributed by atoms with E-state index in [4.69, 9.17) is 5.26 Å². The molecule has 0 spiro atoms. The Morgan fingerprint density at radius 1 is 1.36 bits per heavy atom. The molecule has 14 heavy (non-hydrogen) atoms. The Hall–Kier alpha value is -1.75. The monoisotopic (exact) mass is 186 g/mol. The zero-order chi connectivity index (χ0) is 10.6. The van der Waals surface area contributed by atoms with Crippen molar-refractivity contribution in [3.8, 4) is 6.07 Å². The minimum atomic E-state index is 0.621. The zero-order valence-electron chi connectivity index (χ0n) is 8.76. The van der Waals surface area contributed by atoms with Crippen LogP contribution < -0.4 is 5.32 Å². The molecule has 2 heteroatoms. The molecule has 0 heterocycles. The van der Waals surface area contributed by atoms with E-state index in [9.17, 15) is 0 Å². The average molecular weight is 186 g/mol. The quantitative estimate of drug-likeness (QED) is 0.720. The maximum Gasteiger partial charge on any atom is 0.117 e. The molecule has 0 radical (unpaired) electrons. The third-order valence-corrected chi connectivity index (χ3v) is 1.90. The molecule has 0 aliphatic heterocycles.